The molecule has 18 heavy (non-hydrogen) atoms. The second-order valence-electron chi connectivity index (χ2n) is 3.92. The van der Waals surface area contributed by atoms with Crippen molar-refractivity contribution in [2.45, 2.75) is 6.42 Å². The van der Waals surface area contributed by atoms with Gasteiger partial charge in [-0.3, -0.25) is 9.89 Å². The Kier molecular flexibility index (Phi) is 2.36. The summed E-state index contributed by atoms with van der Waals surface area (Å²) in [5, 5.41) is 8.77. The lowest BCUT2D eigenvalue weighted by Gasteiger charge is -2.04. The fourth-order valence-electron chi connectivity index (χ4n) is 1.83. The molecule has 0 fully saturated rings. The monoisotopic (exact) mass is 245 g/mol. The molecular formula is C11H11N5O2. The van der Waals surface area contributed by atoms with E-state index in [1.807, 2.05) is 12.1 Å². The van der Waals surface area contributed by atoms with Crippen molar-refractivity contribution in [3.8, 4) is 5.75 Å². The van der Waals surface area contributed by atoms with Gasteiger partial charge in [0.05, 0.1) is 6.61 Å². The molecule has 0 saturated heterocycles. The molecule has 0 atom stereocenters. The average Bonchev–Trinajstić information content (AvgIpc) is 2.96. The topological polar surface area (TPSA) is 106 Å². The third kappa shape index (κ3) is 1.86. The Morgan fingerprint density at radius 1 is 1.50 bits per heavy atom. The zero-order valence-electron chi connectivity index (χ0n) is 9.43. The molecule has 0 spiro atoms. The molecular weight excluding hydrogens is 234 g/mol. The van der Waals surface area contributed by atoms with Crippen molar-refractivity contribution in [1.29, 1.82) is 0 Å². The van der Waals surface area contributed by atoms with E-state index in [1.165, 1.54) is 0 Å². The Morgan fingerprint density at radius 3 is 3.17 bits per heavy atom. The van der Waals surface area contributed by atoms with Gasteiger partial charge in [-0.1, -0.05) is 0 Å². The molecule has 1 amide bonds. The number of rotatable bonds is 2. The van der Waals surface area contributed by atoms with Gasteiger partial charge in [-0.15, -0.1) is 5.10 Å². The Hall–Kier alpha value is -2.57. The zero-order valence-corrected chi connectivity index (χ0v) is 9.43. The third-order valence-electron chi connectivity index (χ3n) is 2.67. The Labute approximate surface area is 102 Å². The maximum atomic E-state index is 11.8. The number of nitrogens with one attached hydrogen (secondary N) is 2. The Balaban J connectivity index is 1.78. The quantitative estimate of drug-likeness (QED) is 0.717. The minimum absolute atomic E-state index is 0.0440. The molecule has 1 aliphatic heterocycles. The van der Waals surface area contributed by atoms with Crippen molar-refractivity contribution in [1.82, 2.24) is 15.2 Å². The van der Waals surface area contributed by atoms with Gasteiger partial charge in [-0.05, 0) is 23.8 Å². The van der Waals surface area contributed by atoms with Crippen LogP contribution in [-0.4, -0.2) is 27.7 Å². The third-order valence-corrected chi connectivity index (χ3v) is 2.67. The highest BCUT2D eigenvalue weighted by Gasteiger charge is 2.15. The largest absolute Gasteiger partial charge is 0.493 e. The van der Waals surface area contributed by atoms with Crippen LogP contribution in [0.15, 0.2) is 18.2 Å². The first-order valence-corrected chi connectivity index (χ1v) is 5.47. The van der Waals surface area contributed by atoms with Gasteiger partial charge < -0.3 is 15.8 Å². The van der Waals surface area contributed by atoms with Crippen molar-refractivity contribution < 1.29 is 9.53 Å². The summed E-state index contributed by atoms with van der Waals surface area (Å²) in [5.74, 6) is 0.627. The summed E-state index contributed by atoms with van der Waals surface area (Å²) in [7, 11) is 0. The lowest BCUT2D eigenvalue weighted by Crippen LogP contribution is -2.13. The van der Waals surface area contributed by atoms with E-state index in [4.69, 9.17) is 10.5 Å². The highest BCUT2D eigenvalue weighted by Crippen LogP contribution is 2.27. The van der Waals surface area contributed by atoms with Gasteiger partial charge in [-0.2, -0.15) is 4.98 Å². The summed E-state index contributed by atoms with van der Waals surface area (Å²) < 4.78 is 5.39. The van der Waals surface area contributed by atoms with E-state index in [0.717, 1.165) is 17.7 Å². The first kappa shape index (κ1) is 10.6. The SMILES string of the molecule is Nc1n[nH]c(C(=O)Nc2ccc3c(c2)CCO3)n1. The molecule has 0 saturated carbocycles. The fourth-order valence-corrected chi connectivity index (χ4v) is 1.83. The lowest BCUT2D eigenvalue weighted by atomic mass is 10.1. The highest BCUT2D eigenvalue weighted by atomic mass is 16.5. The second kappa shape index (κ2) is 4.02. The minimum atomic E-state index is -0.377. The average molecular weight is 245 g/mol. The van der Waals surface area contributed by atoms with Crippen LogP contribution in [0.1, 0.15) is 16.2 Å². The maximum Gasteiger partial charge on any atom is 0.293 e. The predicted molar refractivity (Wildman–Crippen MR) is 64.4 cm³/mol. The van der Waals surface area contributed by atoms with Crippen LogP contribution in [0.3, 0.4) is 0 Å². The first-order valence-electron chi connectivity index (χ1n) is 5.47. The molecule has 2 heterocycles. The normalized spacial score (nSPS) is 12.9. The Morgan fingerprint density at radius 2 is 2.39 bits per heavy atom. The molecule has 0 unspecified atom stereocenters. The molecule has 92 valence electrons. The molecule has 0 radical (unpaired) electrons. The number of nitrogen functional groups attached to an aromatic ring is 1. The molecule has 1 aromatic heterocycles. The van der Waals surface area contributed by atoms with Crippen LogP contribution >= 0.6 is 0 Å². The molecule has 7 heteroatoms. The van der Waals surface area contributed by atoms with E-state index in [0.29, 0.717) is 12.3 Å². The molecule has 7 nitrogen and oxygen atoms in total. The molecule has 2 aromatic rings. The fraction of sp³-hybridized carbons (Fsp3) is 0.182. The number of aromatic nitrogens is 3. The van der Waals surface area contributed by atoms with Gasteiger partial charge >= 0.3 is 0 Å². The van der Waals surface area contributed by atoms with Crippen LogP contribution in [0.5, 0.6) is 5.75 Å². The summed E-state index contributed by atoms with van der Waals surface area (Å²) in [6.45, 7) is 0.686. The number of carbonyl (C=O) groups excluding carboxylic acids is 1. The zero-order chi connectivity index (χ0) is 12.5. The van der Waals surface area contributed by atoms with Crippen molar-refractivity contribution >= 4 is 17.5 Å². The van der Waals surface area contributed by atoms with Crippen LogP contribution in [0.4, 0.5) is 11.6 Å². The number of carbonyl (C=O) groups is 1. The van der Waals surface area contributed by atoms with E-state index < -0.39 is 0 Å². The standard InChI is InChI=1S/C11H11N5O2/c12-11-14-9(15-16-11)10(17)13-7-1-2-8-6(5-7)3-4-18-8/h1-2,5H,3-4H2,(H,13,17)(H3,12,14,15,16). The summed E-state index contributed by atoms with van der Waals surface area (Å²) >= 11 is 0. The number of nitrogens with zero attached hydrogens (tertiary/aromatic N) is 2. The Bertz CT molecular complexity index is 607. The second-order valence-corrected chi connectivity index (χ2v) is 3.92. The molecule has 1 aliphatic rings. The number of anilines is 2. The number of amides is 1. The van der Waals surface area contributed by atoms with Crippen LogP contribution in [0.25, 0.3) is 0 Å². The summed E-state index contributed by atoms with van der Waals surface area (Å²) in [6.07, 6.45) is 0.855. The van der Waals surface area contributed by atoms with Gasteiger partial charge in [0.1, 0.15) is 5.75 Å². The maximum absolute atomic E-state index is 11.8. The van der Waals surface area contributed by atoms with E-state index in [9.17, 15) is 4.79 Å². The van der Waals surface area contributed by atoms with Crippen molar-refractivity contribution in [3.05, 3.63) is 29.6 Å². The van der Waals surface area contributed by atoms with E-state index >= 15 is 0 Å². The first-order chi connectivity index (χ1) is 8.72. The number of H-pyrrole nitrogens is 1. The number of ether oxygens (including phenoxy) is 1. The number of benzene rings is 1. The summed E-state index contributed by atoms with van der Waals surface area (Å²) in [6, 6.07) is 5.51. The van der Waals surface area contributed by atoms with Gasteiger partial charge in [0.15, 0.2) is 0 Å². The summed E-state index contributed by atoms with van der Waals surface area (Å²) in [5.41, 5.74) is 7.12. The number of fused-ring (bicyclic) bond motifs is 1. The van der Waals surface area contributed by atoms with Gasteiger partial charge in [0, 0.05) is 12.1 Å². The number of hydrogen-bond acceptors (Lipinski definition) is 5. The molecule has 0 bridgehead atoms. The van der Waals surface area contributed by atoms with Crippen LogP contribution in [0.2, 0.25) is 0 Å². The number of nitrogens with two attached hydrogens (primary N) is 1. The van der Waals surface area contributed by atoms with Gasteiger partial charge in [0.2, 0.25) is 11.8 Å². The van der Waals surface area contributed by atoms with Crippen molar-refractivity contribution in [3.63, 3.8) is 0 Å². The molecule has 0 aliphatic carbocycles. The number of aromatic amines is 1. The van der Waals surface area contributed by atoms with E-state index in [-0.39, 0.29) is 17.7 Å². The van der Waals surface area contributed by atoms with E-state index in [1.54, 1.807) is 6.07 Å². The van der Waals surface area contributed by atoms with Gasteiger partial charge in [-0.25, -0.2) is 0 Å². The van der Waals surface area contributed by atoms with Crippen LogP contribution in [-0.2, 0) is 6.42 Å². The molecule has 4 N–H and O–H groups in total. The highest BCUT2D eigenvalue weighted by molar-refractivity contribution is 6.01. The number of hydrogen-bond donors (Lipinski definition) is 3. The molecule has 3 rings (SSSR count). The van der Waals surface area contributed by atoms with Crippen molar-refractivity contribution in [2.24, 2.45) is 0 Å². The van der Waals surface area contributed by atoms with Crippen LogP contribution in [0, 0.1) is 0 Å². The smallest absolute Gasteiger partial charge is 0.293 e. The molecule has 1 aromatic carbocycles. The minimum Gasteiger partial charge on any atom is -0.493 e. The summed E-state index contributed by atoms with van der Waals surface area (Å²) in [4.78, 5) is 15.5. The van der Waals surface area contributed by atoms with Crippen LogP contribution < -0.4 is 15.8 Å². The van der Waals surface area contributed by atoms with Crippen molar-refractivity contribution in [2.75, 3.05) is 17.7 Å². The van der Waals surface area contributed by atoms with E-state index in [2.05, 4.69) is 20.5 Å². The lowest BCUT2D eigenvalue weighted by molar-refractivity contribution is 0.101. The predicted octanol–water partition coefficient (Wildman–Crippen LogP) is 0.574. The van der Waals surface area contributed by atoms with Gasteiger partial charge in [0.25, 0.3) is 5.91 Å².